The van der Waals surface area contributed by atoms with Crippen LogP contribution in [0.4, 0.5) is 5.69 Å². The van der Waals surface area contributed by atoms with Gasteiger partial charge in [0.2, 0.25) is 0 Å². The minimum atomic E-state index is -0.479. The number of benzene rings is 3. The predicted octanol–water partition coefficient (Wildman–Crippen LogP) is 3.02. The van der Waals surface area contributed by atoms with Crippen LogP contribution in [0.3, 0.4) is 0 Å². The van der Waals surface area contributed by atoms with Crippen LogP contribution in [-0.4, -0.2) is 24.8 Å². The molecule has 29 heavy (non-hydrogen) atoms. The number of rotatable bonds is 5. The SMILES string of the molecule is COc1ccc(C(=O)NNC(=O)c2ccc(NC(=O)c3ccccc3)cc2)cc1. The maximum absolute atomic E-state index is 12.2. The number of ether oxygens (including phenoxy) is 1. The molecule has 0 spiro atoms. The molecule has 0 aliphatic heterocycles. The Balaban J connectivity index is 1.54. The highest BCUT2D eigenvalue weighted by atomic mass is 16.5. The summed E-state index contributed by atoms with van der Waals surface area (Å²) in [4.78, 5) is 36.4. The van der Waals surface area contributed by atoms with Gasteiger partial charge in [0.1, 0.15) is 5.75 Å². The van der Waals surface area contributed by atoms with Crippen molar-refractivity contribution in [1.29, 1.82) is 0 Å². The topological polar surface area (TPSA) is 96.5 Å². The molecule has 3 rings (SSSR count). The van der Waals surface area contributed by atoms with E-state index in [9.17, 15) is 14.4 Å². The highest BCUT2D eigenvalue weighted by Gasteiger charge is 2.10. The largest absolute Gasteiger partial charge is 0.497 e. The van der Waals surface area contributed by atoms with Gasteiger partial charge in [0.25, 0.3) is 17.7 Å². The average molecular weight is 389 g/mol. The predicted molar refractivity (Wildman–Crippen MR) is 109 cm³/mol. The molecule has 0 aromatic heterocycles. The van der Waals surface area contributed by atoms with E-state index in [1.807, 2.05) is 6.07 Å². The summed E-state index contributed by atoms with van der Waals surface area (Å²) in [6.07, 6.45) is 0. The van der Waals surface area contributed by atoms with Crippen molar-refractivity contribution in [3.8, 4) is 5.75 Å². The quantitative estimate of drug-likeness (QED) is 0.585. The number of carbonyl (C=O) groups excluding carboxylic acids is 3. The molecule has 146 valence electrons. The van der Waals surface area contributed by atoms with Gasteiger partial charge in [-0.1, -0.05) is 18.2 Å². The van der Waals surface area contributed by atoms with Crippen LogP contribution in [0.1, 0.15) is 31.1 Å². The van der Waals surface area contributed by atoms with E-state index in [1.165, 1.54) is 7.11 Å². The van der Waals surface area contributed by atoms with E-state index >= 15 is 0 Å². The van der Waals surface area contributed by atoms with Gasteiger partial charge in [0.15, 0.2) is 0 Å². The Morgan fingerprint density at radius 3 is 1.62 bits per heavy atom. The van der Waals surface area contributed by atoms with Crippen LogP contribution < -0.4 is 20.9 Å². The number of hydrazine groups is 1. The van der Waals surface area contributed by atoms with Crippen LogP contribution in [0.25, 0.3) is 0 Å². The summed E-state index contributed by atoms with van der Waals surface area (Å²) >= 11 is 0. The van der Waals surface area contributed by atoms with E-state index in [1.54, 1.807) is 72.8 Å². The Kier molecular flexibility index (Phi) is 6.22. The van der Waals surface area contributed by atoms with Crippen molar-refractivity contribution < 1.29 is 19.1 Å². The smallest absolute Gasteiger partial charge is 0.269 e. The third kappa shape index (κ3) is 5.20. The lowest BCUT2D eigenvalue weighted by atomic mass is 10.1. The molecule has 7 heteroatoms. The van der Waals surface area contributed by atoms with Crippen LogP contribution >= 0.6 is 0 Å². The van der Waals surface area contributed by atoms with Gasteiger partial charge in [-0.15, -0.1) is 0 Å². The van der Waals surface area contributed by atoms with E-state index < -0.39 is 11.8 Å². The Morgan fingerprint density at radius 1 is 0.621 bits per heavy atom. The molecule has 0 radical (unpaired) electrons. The molecule has 0 bridgehead atoms. The number of hydrogen-bond acceptors (Lipinski definition) is 4. The van der Waals surface area contributed by atoms with Gasteiger partial charge < -0.3 is 10.1 Å². The van der Waals surface area contributed by atoms with Crippen LogP contribution in [0.2, 0.25) is 0 Å². The molecule has 0 saturated carbocycles. The van der Waals surface area contributed by atoms with Crippen molar-refractivity contribution in [2.75, 3.05) is 12.4 Å². The fourth-order valence-electron chi connectivity index (χ4n) is 2.50. The molecule has 3 aromatic rings. The van der Waals surface area contributed by atoms with Gasteiger partial charge in [-0.05, 0) is 60.7 Å². The first-order valence-electron chi connectivity index (χ1n) is 8.78. The number of methoxy groups -OCH3 is 1. The zero-order valence-electron chi connectivity index (χ0n) is 15.6. The van der Waals surface area contributed by atoms with Gasteiger partial charge in [0, 0.05) is 22.4 Å². The van der Waals surface area contributed by atoms with Crippen LogP contribution in [0.15, 0.2) is 78.9 Å². The van der Waals surface area contributed by atoms with Crippen LogP contribution in [0.5, 0.6) is 5.75 Å². The highest BCUT2D eigenvalue weighted by molar-refractivity contribution is 6.04. The summed E-state index contributed by atoms with van der Waals surface area (Å²) in [5, 5.41) is 2.75. The van der Waals surface area contributed by atoms with Crippen molar-refractivity contribution in [2.24, 2.45) is 0 Å². The summed E-state index contributed by atoms with van der Waals surface area (Å²) < 4.78 is 5.04. The second-order valence-corrected chi connectivity index (χ2v) is 6.03. The van der Waals surface area contributed by atoms with E-state index in [0.717, 1.165) is 0 Å². The second kappa shape index (κ2) is 9.18. The monoisotopic (exact) mass is 389 g/mol. The minimum absolute atomic E-state index is 0.241. The Bertz CT molecular complexity index is 1000. The fourth-order valence-corrected chi connectivity index (χ4v) is 2.50. The number of nitrogens with one attached hydrogen (secondary N) is 3. The van der Waals surface area contributed by atoms with Crippen molar-refractivity contribution >= 4 is 23.4 Å². The van der Waals surface area contributed by atoms with E-state index in [-0.39, 0.29) is 5.91 Å². The molecule has 0 fully saturated rings. The zero-order chi connectivity index (χ0) is 20.6. The molecular weight excluding hydrogens is 370 g/mol. The Labute approximate surface area is 167 Å². The van der Waals surface area contributed by atoms with Gasteiger partial charge in [0.05, 0.1) is 7.11 Å². The Morgan fingerprint density at radius 2 is 1.10 bits per heavy atom. The van der Waals surface area contributed by atoms with Crippen molar-refractivity contribution in [2.45, 2.75) is 0 Å². The normalized spacial score (nSPS) is 9.97. The van der Waals surface area contributed by atoms with Gasteiger partial charge in [-0.2, -0.15) is 0 Å². The standard InChI is InChI=1S/C22H19N3O4/c1-29-19-13-9-17(10-14-19)22(28)25-24-21(27)16-7-11-18(12-8-16)23-20(26)15-5-3-2-4-6-15/h2-14H,1H3,(H,23,26)(H,24,27)(H,25,28). The maximum atomic E-state index is 12.2. The maximum Gasteiger partial charge on any atom is 0.269 e. The number of anilines is 1. The first-order valence-corrected chi connectivity index (χ1v) is 8.78. The summed E-state index contributed by atoms with van der Waals surface area (Å²) in [5.74, 6) is -0.542. The summed E-state index contributed by atoms with van der Waals surface area (Å²) in [5.41, 5.74) is 6.51. The fraction of sp³-hybridized carbons (Fsp3) is 0.0455. The van der Waals surface area contributed by atoms with Crippen LogP contribution in [-0.2, 0) is 0 Å². The van der Waals surface area contributed by atoms with Crippen LogP contribution in [0, 0.1) is 0 Å². The molecular formula is C22H19N3O4. The molecule has 0 aliphatic rings. The molecule has 3 amide bonds. The van der Waals surface area contributed by atoms with Gasteiger partial charge in [-0.25, -0.2) is 0 Å². The van der Waals surface area contributed by atoms with E-state index in [2.05, 4.69) is 16.2 Å². The van der Waals surface area contributed by atoms with Crippen molar-refractivity contribution in [3.05, 3.63) is 95.6 Å². The molecule has 3 N–H and O–H groups in total. The average Bonchev–Trinajstić information content (AvgIpc) is 2.78. The third-order valence-electron chi connectivity index (χ3n) is 4.08. The van der Waals surface area contributed by atoms with Gasteiger partial charge in [-0.3, -0.25) is 25.2 Å². The zero-order valence-corrected chi connectivity index (χ0v) is 15.6. The van der Waals surface area contributed by atoms with E-state index in [4.69, 9.17) is 4.74 Å². The lowest BCUT2D eigenvalue weighted by Crippen LogP contribution is -2.41. The molecule has 0 saturated heterocycles. The van der Waals surface area contributed by atoms with Crippen molar-refractivity contribution in [1.82, 2.24) is 10.9 Å². The second-order valence-electron chi connectivity index (χ2n) is 6.03. The summed E-state index contributed by atoms with van der Waals surface area (Å²) in [6.45, 7) is 0. The molecule has 0 unspecified atom stereocenters. The Hall–Kier alpha value is -4.13. The number of amides is 3. The third-order valence-corrected chi connectivity index (χ3v) is 4.08. The molecule has 0 atom stereocenters. The molecule has 7 nitrogen and oxygen atoms in total. The molecule has 0 aliphatic carbocycles. The number of carbonyl (C=O) groups is 3. The molecule has 0 heterocycles. The van der Waals surface area contributed by atoms with Gasteiger partial charge >= 0.3 is 0 Å². The lowest BCUT2D eigenvalue weighted by Gasteiger charge is -2.09. The highest BCUT2D eigenvalue weighted by Crippen LogP contribution is 2.12. The lowest BCUT2D eigenvalue weighted by molar-refractivity contribution is 0.0846. The summed E-state index contributed by atoms with van der Waals surface area (Å²) in [6, 6.07) is 21.6. The van der Waals surface area contributed by atoms with Crippen molar-refractivity contribution in [3.63, 3.8) is 0 Å². The first-order chi connectivity index (χ1) is 14.1. The van der Waals surface area contributed by atoms with E-state index in [0.29, 0.717) is 28.1 Å². The first kappa shape index (κ1) is 19.6. The minimum Gasteiger partial charge on any atom is -0.497 e. The number of hydrogen-bond donors (Lipinski definition) is 3. The summed E-state index contributed by atoms with van der Waals surface area (Å²) in [7, 11) is 1.54. The molecule has 3 aromatic carbocycles.